The number of methoxy groups -OCH3 is 1. The summed E-state index contributed by atoms with van der Waals surface area (Å²) < 4.78 is 18.8. The largest absolute Gasteiger partial charge is 0.493 e. The lowest BCUT2D eigenvalue weighted by Crippen LogP contribution is -2.40. The number of carbonyl (C=O) groups excluding carboxylic acids is 1. The zero-order valence-corrected chi connectivity index (χ0v) is 24.2. The number of hydrogen-bond acceptors (Lipinski definition) is 9. The Hall–Kier alpha value is -5.29. The fourth-order valence-corrected chi connectivity index (χ4v) is 5.75. The van der Waals surface area contributed by atoms with Gasteiger partial charge in [-0.05, 0) is 41.8 Å². The van der Waals surface area contributed by atoms with Gasteiger partial charge >= 0.3 is 5.97 Å². The SMILES string of the molecule is C=CCOC(=O)C1=C(C)N=c2sc(=Cc3cccc([N+](=O)[O-])c3)c(=O)n2C1c1ccc(OCc2ccccc2)c(OC)c1. The van der Waals surface area contributed by atoms with Crippen molar-refractivity contribution in [1.29, 1.82) is 0 Å². The molecule has 0 aliphatic carbocycles. The lowest BCUT2D eigenvalue weighted by Gasteiger charge is -2.25. The van der Waals surface area contributed by atoms with Crippen LogP contribution in [0.1, 0.15) is 29.7 Å². The summed E-state index contributed by atoms with van der Waals surface area (Å²) in [6.07, 6.45) is 3.03. The van der Waals surface area contributed by atoms with Crippen LogP contribution in [0.15, 0.2) is 107 Å². The molecule has 1 aromatic heterocycles. The minimum Gasteiger partial charge on any atom is -0.493 e. The van der Waals surface area contributed by atoms with Crippen molar-refractivity contribution in [2.24, 2.45) is 4.99 Å². The highest BCUT2D eigenvalue weighted by Gasteiger charge is 2.34. The molecule has 3 aromatic carbocycles. The third kappa shape index (κ3) is 6.16. The van der Waals surface area contributed by atoms with Gasteiger partial charge in [0.1, 0.15) is 13.2 Å². The third-order valence-corrected chi connectivity index (χ3v) is 7.68. The summed E-state index contributed by atoms with van der Waals surface area (Å²) in [6, 6.07) is 20.0. The lowest BCUT2D eigenvalue weighted by atomic mass is 9.95. The van der Waals surface area contributed by atoms with E-state index in [4.69, 9.17) is 14.2 Å². The van der Waals surface area contributed by atoms with Gasteiger partial charge < -0.3 is 14.2 Å². The quantitative estimate of drug-likeness (QED) is 0.115. The van der Waals surface area contributed by atoms with E-state index in [9.17, 15) is 19.7 Å². The smallest absolute Gasteiger partial charge is 0.338 e. The minimum absolute atomic E-state index is 0.0187. The number of nitro benzene ring substituents is 1. The van der Waals surface area contributed by atoms with Crippen LogP contribution in [0.5, 0.6) is 11.5 Å². The highest BCUT2D eigenvalue weighted by Crippen LogP contribution is 2.36. The van der Waals surface area contributed by atoms with Crippen LogP contribution in [-0.4, -0.2) is 29.2 Å². The maximum absolute atomic E-state index is 13.9. The van der Waals surface area contributed by atoms with E-state index in [1.165, 1.54) is 29.9 Å². The van der Waals surface area contributed by atoms with Gasteiger partial charge in [-0.3, -0.25) is 19.5 Å². The van der Waals surface area contributed by atoms with E-state index in [1.807, 2.05) is 30.3 Å². The molecule has 5 rings (SSSR count). The van der Waals surface area contributed by atoms with Crippen molar-refractivity contribution in [2.45, 2.75) is 19.6 Å². The van der Waals surface area contributed by atoms with Crippen molar-refractivity contribution >= 4 is 29.1 Å². The summed E-state index contributed by atoms with van der Waals surface area (Å²) in [5, 5.41) is 11.3. The second-order valence-corrected chi connectivity index (χ2v) is 10.5. The molecule has 0 spiro atoms. The molecule has 10 nitrogen and oxygen atoms in total. The van der Waals surface area contributed by atoms with Crippen LogP contribution in [0.4, 0.5) is 5.69 Å². The number of esters is 1. The first-order chi connectivity index (χ1) is 20.8. The second-order valence-electron chi connectivity index (χ2n) is 9.51. The molecule has 1 atom stereocenters. The Labute approximate surface area is 250 Å². The summed E-state index contributed by atoms with van der Waals surface area (Å²) in [5.41, 5.74) is 2.12. The van der Waals surface area contributed by atoms with Crippen LogP contribution in [0, 0.1) is 10.1 Å². The molecule has 1 aliphatic rings. The molecule has 43 heavy (non-hydrogen) atoms. The molecule has 0 N–H and O–H groups in total. The molecule has 11 heteroatoms. The monoisotopic (exact) mass is 597 g/mol. The number of nitrogens with zero attached hydrogens (tertiary/aromatic N) is 3. The number of rotatable bonds is 10. The number of ether oxygens (including phenoxy) is 3. The van der Waals surface area contributed by atoms with Gasteiger partial charge in [0.15, 0.2) is 16.3 Å². The Morgan fingerprint density at radius 2 is 1.91 bits per heavy atom. The van der Waals surface area contributed by atoms with E-state index in [0.29, 0.717) is 44.3 Å². The first-order valence-corrected chi connectivity index (χ1v) is 14.0. The van der Waals surface area contributed by atoms with E-state index in [2.05, 4.69) is 11.6 Å². The molecule has 0 amide bonds. The van der Waals surface area contributed by atoms with Crippen molar-refractivity contribution < 1.29 is 23.9 Å². The highest BCUT2D eigenvalue weighted by atomic mass is 32.1. The van der Waals surface area contributed by atoms with Crippen molar-refractivity contribution in [1.82, 2.24) is 4.57 Å². The van der Waals surface area contributed by atoms with Crippen LogP contribution in [0.3, 0.4) is 0 Å². The Morgan fingerprint density at radius 3 is 2.63 bits per heavy atom. The van der Waals surface area contributed by atoms with Gasteiger partial charge in [-0.15, -0.1) is 0 Å². The first-order valence-electron chi connectivity index (χ1n) is 13.2. The molecule has 0 saturated carbocycles. The molecule has 0 radical (unpaired) electrons. The molecular weight excluding hydrogens is 570 g/mol. The number of allylic oxidation sites excluding steroid dienone is 1. The molecule has 1 aliphatic heterocycles. The van der Waals surface area contributed by atoms with Gasteiger partial charge in [0.05, 0.1) is 33.9 Å². The predicted molar refractivity (Wildman–Crippen MR) is 162 cm³/mol. The van der Waals surface area contributed by atoms with Gasteiger partial charge in [-0.1, -0.05) is 72.5 Å². The van der Waals surface area contributed by atoms with Gasteiger partial charge in [0, 0.05) is 12.1 Å². The van der Waals surface area contributed by atoms with Crippen LogP contribution >= 0.6 is 11.3 Å². The van der Waals surface area contributed by atoms with E-state index >= 15 is 0 Å². The number of thiazole rings is 1. The van der Waals surface area contributed by atoms with Crippen LogP contribution in [0.25, 0.3) is 6.08 Å². The molecular formula is C32H27N3O7S. The predicted octanol–water partition coefficient (Wildman–Crippen LogP) is 4.46. The van der Waals surface area contributed by atoms with Gasteiger partial charge in [0.25, 0.3) is 11.2 Å². The number of benzene rings is 3. The second kappa shape index (κ2) is 12.7. The van der Waals surface area contributed by atoms with Crippen LogP contribution < -0.4 is 24.4 Å². The minimum atomic E-state index is -0.891. The van der Waals surface area contributed by atoms with Crippen LogP contribution in [0.2, 0.25) is 0 Å². The van der Waals surface area contributed by atoms with Gasteiger partial charge in [0.2, 0.25) is 0 Å². The summed E-state index contributed by atoms with van der Waals surface area (Å²) in [5.74, 6) is 0.271. The lowest BCUT2D eigenvalue weighted by molar-refractivity contribution is -0.384. The Morgan fingerprint density at radius 1 is 1.12 bits per heavy atom. The summed E-state index contributed by atoms with van der Waals surface area (Å²) in [4.78, 5) is 42.9. The fraction of sp³-hybridized carbons (Fsp3) is 0.156. The summed E-state index contributed by atoms with van der Waals surface area (Å²) >= 11 is 1.12. The number of hydrogen-bond donors (Lipinski definition) is 0. The Bertz CT molecular complexity index is 1930. The van der Waals surface area contributed by atoms with Crippen molar-refractivity contribution in [3.63, 3.8) is 0 Å². The van der Waals surface area contributed by atoms with Crippen molar-refractivity contribution in [3.8, 4) is 11.5 Å². The number of aromatic nitrogens is 1. The van der Waals surface area contributed by atoms with E-state index < -0.39 is 22.5 Å². The van der Waals surface area contributed by atoms with Crippen molar-refractivity contribution in [3.05, 3.63) is 143 Å². The number of fused-ring (bicyclic) bond motifs is 1. The number of nitro groups is 1. The topological polar surface area (TPSA) is 122 Å². The average Bonchev–Trinajstić information content (AvgIpc) is 3.32. The fourth-order valence-electron chi connectivity index (χ4n) is 4.70. The standard InChI is InChI=1S/C32H27N3O7S/c1-4-15-41-31(37)28-20(2)33-32-34(30(36)27(43-32)17-22-11-8-12-24(16-22)35(38)39)29(28)23-13-14-25(26(18-23)40-3)42-19-21-9-6-5-7-10-21/h4-14,16-18,29H,1,15,19H2,2-3H3. The van der Waals surface area contributed by atoms with E-state index in [0.717, 1.165) is 16.9 Å². The molecule has 0 saturated heterocycles. The molecule has 0 bridgehead atoms. The first kappa shape index (κ1) is 29.2. The Kier molecular flexibility index (Phi) is 8.63. The van der Waals surface area contributed by atoms with Gasteiger partial charge in [-0.25, -0.2) is 9.79 Å². The van der Waals surface area contributed by atoms with E-state index in [1.54, 1.807) is 43.3 Å². The zero-order chi connectivity index (χ0) is 30.5. The molecule has 4 aromatic rings. The van der Waals surface area contributed by atoms with Gasteiger partial charge in [-0.2, -0.15) is 0 Å². The number of carbonyl (C=O) groups is 1. The summed E-state index contributed by atoms with van der Waals surface area (Å²) in [7, 11) is 1.51. The van der Waals surface area contributed by atoms with Crippen molar-refractivity contribution in [2.75, 3.05) is 13.7 Å². The highest BCUT2D eigenvalue weighted by molar-refractivity contribution is 7.07. The average molecular weight is 598 g/mol. The normalized spacial score (nSPS) is 14.5. The molecule has 2 heterocycles. The van der Waals surface area contributed by atoms with E-state index in [-0.39, 0.29) is 17.9 Å². The zero-order valence-electron chi connectivity index (χ0n) is 23.4. The van der Waals surface area contributed by atoms with Crippen LogP contribution in [-0.2, 0) is 16.1 Å². The Balaban J connectivity index is 1.62. The number of non-ortho nitro benzene ring substituents is 1. The maximum Gasteiger partial charge on any atom is 0.338 e. The molecule has 218 valence electrons. The summed E-state index contributed by atoms with van der Waals surface area (Å²) in [6.45, 7) is 5.60. The molecule has 1 unspecified atom stereocenters. The third-order valence-electron chi connectivity index (χ3n) is 6.69. The molecule has 0 fully saturated rings. The maximum atomic E-state index is 13.9.